The molecule has 0 bridgehead atoms. The third kappa shape index (κ3) is 6.63. The molecule has 0 saturated carbocycles. The summed E-state index contributed by atoms with van der Waals surface area (Å²) in [6.07, 6.45) is 6.89. The van der Waals surface area contributed by atoms with Crippen molar-refractivity contribution in [2.75, 3.05) is 13.1 Å². The van der Waals surface area contributed by atoms with E-state index in [1.54, 1.807) is 0 Å². The monoisotopic (exact) mass is 366 g/mol. The molecule has 1 amide bonds. The van der Waals surface area contributed by atoms with Crippen LogP contribution in [0.5, 0.6) is 0 Å². The number of halogens is 1. The lowest BCUT2D eigenvalue weighted by Crippen LogP contribution is -2.41. The SMILES string of the molecule is CCC(CC(C(N)=O)c1ccc(CC(C)C)cc1)N1CCCCC1.Cl. The van der Waals surface area contributed by atoms with Crippen molar-refractivity contribution in [2.45, 2.75) is 71.3 Å². The van der Waals surface area contributed by atoms with Crippen LogP contribution in [0.25, 0.3) is 0 Å². The van der Waals surface area contributed by atoms with E-state index >= 15 is 0 Å². The summed E-state index contributed by atoms with van der Waals surface area (Å²) in [7, 11) is 0. The molecule has 1 fully saturated rings. The molecule has 0 aromatic heterocycles. The fourth-order valence-electron chi connectivity index (χ4n) is 3.90. The number of primary amides is 1. The van der Waals surface area contributed by atoms with Gasteiger partial charge in [0, 0.05) is 6.04 Å². The average molecular weight is 367 g/mol. The van der Waals surface area contributed by atoms with E-state index < -0.39 is 0 Å². The Morgan fingerprint density at radius 3 is 2.20 bits per heavy atom. The minimum absolute atomic E-state index is 0. The summed E-state index contributed by atoms with van der Waals surface area (Å²) in [6.45, 7) is 9.01. The standard InChI is InChI=1S/C21H34N2O.ClH/c1-4-19(23-12-6-5-7-13-23)15-20(21(22)24)18-10-8-17(9-11-18)14-16(2)3;/h8-11,16,19-20H,4-7,12-15H2,1-3H3,(H2,22,24);1H. The minimum Gasteiger partial charge on any atom is -0.369 e. The van der Waals surface area contributed by atoms with Crippen molar-refractivity contribution in [3.8, 4) is 0 Å². The van der Waals surface area contributed by atoms with Crippen LogP contribution in [0.15, 0.2) is 24.3 Å². The van der Waals surface area contributed by atoms with Crippen molar-refractivity contribution in [3.63, 3.8) is 0 Å². The maximum Gasteiger partial charge on any atom is 0.225 e. The number of carbonyl (C=O) groups is 1. The molecule has 2 unspecified atom stereocenters. The van der Waals surface area contributed by atoms with Gasteiger partial charge < -0.3 is 10.6 Å². The van der Waals surface area contributed by atoms with Gasteiger partial charge in [0.2, 0.25) is 5.91 Å². The Bertz CT molecular complexity index is 509. The van der Waals surface area contributed by atoms with Gasteiger partial charge >= 0.3 is 0 Å². The van der Waals surface area contributed by atoms with Crippen molar-refractivity contribution in [2.24, 2.45) is 11.7 Å². The number of likely N-dealkylation sites (tertiary alicyclic amines) is 1. The molecule has 1 aromatic rings. The van der Waals surface area contributed by atoms with Gasteiger partial charge in [-0.05, 0) is 62.2 Å². The third-order valence-corrected chi connectivity index (χ3v) is 5.26. The van der Waals surface area contributed by atoms with Gasteiger partial charge in [0.15, 0.2) is 0 Å². The van der Waals surface area contributed by atoms with E-state index in [2.05, 4.69) is 49.9 Å². The van der Waals surface area contributed by atoms with E-state index in [1.165, 1.54) is 24.8 Å². The molecular formula is C21H35ClN2O. The van der Waals surface area contributed by atoms with Crippen LogP contribution in [-0.2, 0) is 11.2 Å². The first kappa shape index (κ1) is 22.0. The largest absolute Gasteiger partial charge is 0.369 e. The van der Waals surface area contributed by atoms with Gasteiger partial charge in [0.1, 0.15) is 0 Å². The second-order valence-electron chi connectivity index (χ2n) is 7.69. The fraction of sp³-hybridized carbons (Fsp3) is 0.667. The lowest BCUT2D eigenvalue weighted by atomic mass is 9.88. The Balaban J connectivity index is 0.00000312. The van der Waals surface area contributed by atoms with Crippen LogP contribution >= 0.6 is 12.4 Å². The number of rotatable bonds is 8. The zero-order valence-electron chi connectivity index (χ0n) is 16.0. The quantitative estimate of drug-likeness (QED) is 0.734. The molecule has 0 spiro atoms. The van der Waals surface area contributed by atoms with E-state index in [0.717, 1.165) is 37.9 Å². The van der Waals surface area contributed by atoms with Crippen LogP contribution in [0.4, 0.5) is 0 Å². The topological polar surface area (TPSA) is 46.3 Å². The molecule has 0 aliphatic carbocycles. The number of nitrogens with two attached hydrogens (primary N) is 1. The number of piperidine rings is 1. The lowest BCUT2D eigenvalue weighted by molar-refractivity contribution is -0.120. The van der Waals surface area contributed by atoms with E-state index in [-0.39, 0.29) is 24.2 Å². The van der Waals surface area contributed by atoms with Crippen LogP contribution in [-0.4, -0.2) is 29.9 Å². The third-order valence-electron chi connectivity index (χ3n) is 5.26. The van der Waals surface area contributed by atoms with E-state index in [9.17, 15) is 4.79 Å². The summed E-state index contributed by atoms with van der Waals surface area (Å²) in [5.41, 5.74) is 8.17. The van der Waals surface area contributed by atoms with Gasteiger partial charge in [-0.15, -0.1) is 12.4 Å². The Morgan fingerprint density at radius 2 is 1.72 bits per heavy atom. The number of amides is 1. The van der Waals surface area contributed by atoms with Gasteiger partial charge in [-0.3, -0.25) is 4.79 Å². The van der Waals surface area contributed by atoms with Crippen molar-refractivity contribution < 1.29 is 4.79 Å². The Hall–Kier alpha value is -1.06. The summed E-state index contributed by atoms with van der Waals surface area (Å²) >= 11 is 0. The highest BCUT2D eigenvalue weighted by Gasteiger charge is 2.26. The van der Waals surface area contributed by atoms with Crippen LogP contribution in [0.2, 0.25) is 0 Å². The van der Waals surface area contributed by atoms with Crippen molar-refractivity contribution in [1.29, 1.82) is 0 Å². The maximum atomic E-state index is 12.1. The van der Waals surface area contributed by atoms with Gasteiger partial charge in [-0.2, -0.15) is 0 Å². The molecule has 25 heavy (non-hydrogen) atoms. The number of benzene rings is 1. The molecule has 1 saturated heterocycles. The molecule has 1 aromatic carbocycles. The van der Waals surface area contributed by atoms with E-state index in [1.807, 2.05) is 0 Å². The molecule has 4 heteroatoms. The summed E-state index contributed by atoms with van der Waals surface area (Å²) in [6, 6.07) is 8.99. The number of nitrogens with zero attached hydrogens (tertiary/aromatic N) is 1. The summed E-state index contributed by atoms with van der Waals surface area (Å²) in [5, 5.41) is 0. The molecule has 0 radical (unpaired) electrons. The summed E-state index contributed by atoms with van der Waals surface area (Å²) in [4.78, 5) is 14.7. The zero-order valence-corrected chi connectivity index (χ0v) is 16.9. The van der Waals surface area contributed by atoms with Gasteiger partial charge in [-0.1, -0.05) is 51.5 Å². The molecule has 2 rings (SSSR count). The van der Waals surface area contributed by atoms with Gasteiger partial charge in [0.25, 0.3) is 0 Å². The minimum atomic E-state index is -0.193. The number of hydrogen-bond donors (Lipinski definition) is 1. The highest BCUT2D eigenvalue weighted by atomic mass is 35.5. The van der Waals surface area contributed by atoms with Crippen LogP contribution in [0.1, 0.15) is 69.9 Å². The highest BCUT2D eigenvalue weighted by molar-refractivity contribution is 5.85. The van der Waals surface area contributed by atoms with E-state index in [0.29, 0.717) is 12.0 Å². The van der Waals surface area contributed by atoms with Crippen LogP contribution < -0.4 is 5.73 Å². The molecule has 142 valence electrons. The summed E-state index contributed by atoms with van der Waals surface area (Å²) < 4.78 is 0. The highest BCUT2D eigenvalue weighted by Crippen LogP contribution is 2.27. The molecule has 1 aliphatic rings. The van der Waals surface area contributed by atoms with Crippen molar-refractivity contribution in [1.82, 2.24) is 4.90 Å². The zero-order chi connectivity index (χ0) is 17.5. The molecular weight excluding hydrogens is 332 g/mol. The molecule has 3 nitrogen and oxygen atoms in total. The van der Waals surface area contributed by atoms with Gasteiger partial charge in [-0.25, -0.2) is 0 Å². The van der Waals surface area contributed by atoms with Gasteiger partial charge in [0.05, 0.1) is 5.92 Å². The van der Waals surface area contributed by atoms with Crippen molar-refractivity contribution in [3.05, 3.63) is 35.4 Å². The van der Waals surface area contributed by atoms with E-state index in [4.69, 9.17) is 5.73 Å². The predicted molar refractivity (Wildman–Crippen MR) is 108 cm³/mol. The second-order valence-corrected chi connectivity index (χ2v) is 7.69. The lowest BCUT2D eigenvalue weighted by Gasteiger charge is -2.35. The average Bonchev–Trinajstić information content (AvgIpc) is 2.57. The fourth-order valence-corrected chi connectivity index (χ4v) is 3.90. The smallest absolute Gasteiger partial charge is 0.225 e. The molecule has 1 aliphatic heterocycles. The maximum absolute atomic E-state index is 12.1. The molecule has 2 atom stereocenters. The Labute approximate surface area is 159 Å². The normalized spacial score (nSPS) is 17.8. The molecule has 1 heterocycles. The predicted octanol–water partition coefficient (Wildman–Crippen LogP) is 4.53. The molecule has 2 N–H and O–H groups in total. The first-order chi connectivity index (χ1) is 11.5. The number of hydrogen-bond acceptors (Lipinski definition) is 2. The number of carbonyl (C=O) groups excluding carboxylic acids is 1. The first-order valence-corrected chi connectivity index (χ1v) is 9.63. The van der Waals surface area contributed by atoms with Crippen LogP contribution in [0.3, 0.4) is 0 Å². The summed E-state index contributed by atoms with van der Waals surface area (Å²) in [5.74, 6) is 0.276. The second kappa shape index (κ2) is 10.8. The Morgan fingerprint density at radius 1 is 1.12 bits per heavy atom. The Kier molecular flexibility index (Phi) is 9.52. The van der Waals surface area contributed by atoms with Crippen molar-refractivity contribution >= 4 is 18.3 Å². The van der Waals surface area contributed by atoms with Crippen LogP contribution in [0, 0.1) is 5.92 Å². The first-order valence-electron chi connectivity index (χ1n) is 9.63.